The molecule has 1 rings (SSSR count). The first-order valence-electron chi connectivity index (χ1n) is 6.33. The maximum atomic E-state index is 12.1. The van der Waals surface area contributed by atoms with Gasteiger partial charge in [0.1, 0.15) is 0 Å². The van der Waals surface area contributed by atoms with E-state index < -0.39 is 37.7 Å². The Bertz CT molecular complexity index is 638. The van der Waals surface area contributed by atoms with Crippen LogP contribution in [0.3, 0.4) is 0 Å². The van der Waals surface area contributed by atoms with E-state index in [1.54, 1.807) is 6.07 Å². The number of para-hydroxylation sites is 1. The van der Waals surface area contributed by atoms with E-state index in [0.29, 0.717) is 0 Å². The summed E-state index contributed by atoms with van der Waals surface area (Å²) in [5.41, 5.74) is 0.114. The van der Waals surface area contributed by atoms with Gasteiger partial charge in [-0.15, -0.1) is 0 Å². The second-order valence-electron chi connectivity index (χ2n) is 5.01. The van der Waals surface area contributed by atoms with Gasteiger partial charge < -0.3 is 5.11 Å². The molecule has 0 heterocycles. The lowest BCUT2D eigenvalue weighted by Gasteiger charge is -2.16. The van der Waals surface area contributed by atoms with Crippen molar-refractivity contribution < 1.29 is 23.2 Å². The minimum atomic E-state index is -3.88. The molecule has 116 valence electrons. The van der Waals surface area contributed by atoms with E-state index in [-0.39, 0.29) is 17.7 Å². The van der Waals surface area contributed by atoms with Crippen molar-refractivity contribution in [1.29, 1.82) is 0 Å². The lowest BCUT2D eigenvalue weighted by molar-refractivity contribution is -0.385. The van der Waals surface area contributed by atoms with Crippen molar-refractivity contribution in [3.63, 3.8) is 0 Å². The predicted molar refractivity (Wildman–Crippen MR) is 76.8 cm³/mol. The lowest BCUT2D eigenvalue weighted by Crippen LogP contribution is -2.37. The van der Waals surface area contributed by atoms with E-state index in [1.165, 1.54) is 32.0 Å². The Morgan fingerprint density at radius 1 is 1.33 bits per heavy atom. The standard InChI is InChI=1S/C13H17NO6S/c1-9(2)12(13(15)16)21(19,20)8-7-10-5-3-4-6-11(10)14(17)18/h3-6,9,12H,7-8H2,1-2H3,(H,15,16). The van der Waals surface area contributed by atoms with E-state index in [1.807, 2.05) is 0 Å². The van der Waals surface area contributed by atoms with Gasteiger partial charge in [-0.05, 0) is 12.3 Å². The molecule has 0 spiro atoms. The molecule has 0 bridgehead atoms. The van der Waals surface area contributed by atoms with Gasteiger partial charge in [-0.2, -0.15) is 0 Å². The Balaban J connectivity index is 2.97. The molecule has 0 aromatic heterocycles. The van der Waals surface area contributed by atoms with Gasteiger partial charge >= 0.3 is 5.97 Å². The fraction of sp³-hybridized carbons (Fsp3) is 0.462. The smallest absolute Gasteiger partial charge is 0.322 e. The number of aliphatic carboxylic acids is 1. The summed E-state index contributed by atoms with van der Waals surface area (Å²) in [5, 5.41) is 18.4. The van der Waals surface area contributed by atoms with Crippen molar-refractivity contribution in [2.75, 3.05) is 5.75 Å². The molecule has 0 aliphatic heterocycles. The first-order chi connectivity index (χ1) is 9.66. The number of rotatable bonds is 7. The number of sulfone groups is 1. The highest BCUT2D eigenvalue weighted by atomic mass is 32.2. The average molecular weight is 315 g/mol. The molecule has 0 amide bonds. The number of carboxylic acid groups (broad SMARTS) is 1. The molecule has 21 heavy (non-hydrogen) atoms. The highest BCUT2D eigenvalue weighted by Gasteiger charge is 2.35. The van der Waals surface area contributed by atoms with Crippen LogP contribution in [0.15, 0.2) is 24.3 Å². The molecule has 0 saturated heterocycles. The zero-order chi connectivity index (χ0) is 16.2. The molecule has 0 aliphatic rings. The average Bonchev–Trinajstić information content (AvgIpc) is 2.35. The quantitative estimate of drug-likeness (QED) is 0.604. The highest BCUT2D eigenvalue weighted by molar-refractivity contribution is 7.92. The number of hydrogen-bond donors (Lipinski definition) is 1. The van der Waals surface area contributed by atoms with Gasteiger partial charge in [0.25, 0.3) is 5.69 Å². The summed E-state index contributed by atoms with van der Waals surface area (Å²) < 4.78 is 24.2. The summed E-state index contributed by atoms with van der Waals surface area (Å²) in [6, 6.07) is 5.83. The van der Waals surface area contributed by atoms with Crippen molar-refractivity contribution in [1.82, 2.24) is 0 Å². The Kier molecular flexibility index (Phi) is 5.42. The number of nitrogens with zero attached hydrogens (tertiary/aromatic N) is 1. The van der Waals surface area contributed by atoms with Crippen molar-refractivity contribution in [2.24, 2.45) is 5.92 Å². The fourth-order valence-corrected chi connectivity index (χ4v) is 4.03. The lowest BCUT2D eigenvalue weighted by atomic mass is 10.1. The zero-order valence-electron chi connectivity index (χ0n) is 11.7. The molecule has 0 aliphatic carbocycles. The second-order valence-corrected chi connectivity index (χ2v) is 7.25. The first kappa shape index (κ1) is 17.1. The van der Waals surface area contributed by atoms with Crippen molar-refractivity contribution in [3.8, 4) is 0 Å². The fourth-order valence-electron chi connectivity index (χ4n) is 2.13. The summed E-state index contributed by atoms with van der Waals surface area (Å²) >= 11 is 0. The molecule has 0 saturated carbocycles. The first-order valence-corrected chi connectivity index (χ1v) is 8.05. The third kappa shape index (κ3) is 4.25. The molecular formula is C13H17NO6S. The topological polar surface area (TPSA) is 115 Å². The van der Waals surface area contributed by atoms with Gasteiger partial charge in [-0.3, -0.25) is 14.9 Å². The van der Waals surface area contributed by atoms with Gasteiger partial charge in [0.2, 0.25) is 0 Å². The number of carbonyl (C=O) groups is 1. The third-order valence-corrected chi connectivity index (χ3v) is 5.37. The highest BCUT2D eigenvalue weighted by Crippen LogP contribution is 2.21. The molecule has 1 unspecified atom stereocenters. The van der Waals surface area contributed by atoms with E-state index in [2.05, 4.69) is 0 Å². The summed E-state index contributed by atoms with van der Waals surface area (Å²) in [6.07, 6.45) is -0.0873. The van der Waals surface area contributed by atoms with Crippen LogP contribution < -0.4 is 0 Å². The zero-order valence-corrected chi connectivity index (χ0v) is 12.5. The van der Waals surface area contributed by atoms with Crippen LogP contribution >= 0.6 is 0 Å². The monoisotopic (exact) mass is 315 g/mol. The Morgan fingerprint density at radius 2 is 1.90 bits per heavy atom. The Labute approximate surface area is 122 Å². The van der Waals surface area contributed by atoms with E-state index in [0.717, 1.165) is 0 Å². The van der Waals surface area contributed by atoms with Gasteiger partial charge in [0.05, 0.1) is 10.7 Å². The summed E-state index contributed by atoms with van der Waals surface area (Å²) in [6.45, 7) is 3.03. The predicted octanol–water partition coefficient (Wildman–Crippen LogP) is 1.66. The van der Waals surface area contributed by atoms with E-state index in [4.69, 9.17) is 5.11 Å². The van der Waals surface area contributed by atoms with Crippen molar-refractivity contribution in [3.05, 3.63) is 39.9 Å². The van der Waals surface area contributed by atoms with Crippen molar-refractivity contribution in [2.45, 2.75) is 25.5 Å². The van der Waals surface area contributed by atoms with Gasteiger partial charge in [0, 0.05) is 11.6 Å². The van der Waals surface area contributed by atoms with Crippen LogP contribution in [0, 0.1) is 16.0 Å². The van der Waals surface area contributed by atoms with Crippen LogP contribution in [0.1, 0.15) is 19.4 Å². The van der Waals surface area contributed by atoms with Crippen LogP contribution in [0.4, 0.5) is 5.69 Å². The molecule has 7 nitrogen and oxygen atoms in total. The molecule has 8 heteroatoms. The van der Waals surface area contributed by atoms with Gasteiger partial charge in [-0.25, -0.2) is 8.42 Å². The molecule has 1 aromatic carbocycles. The maximum Gasteiger partial charge on any atom is 0.322 e. The number of benzene rings is 1. The van der Waals surface area contributed by atoms with Crippen molar-refractivity contribution >= 4 is 21.5 Å². The molecular weight excluding hydrogens is 298 g/mol. The third-order valence-electron chi connectivity index (χ3n) is 3.08. The Hall–Kier alpha value is -1.96. The van der Waals surface area contributed by atoms with Gasteiger partial charge in [-0.1, -0.05) is 32.0 Å². The largest absolute Gasteiger partial charge is 0.480 e. The molecule has 0 radical (unpaired) electrons. The SMILES string of the molecule is CC(C)C(C(=O)O)S(=O)(=O)CCc1ccccc1[N+](=O)[O-]. The minimum Gasteiger partial charge on any atom is -0.480 e. The van der Waals surface area contributed by atoms with E-state index >= 15 is 0 Å². The number of aryl methyl sites for hydroxylation is 1. The minimum absolute atomic E-state index is 0.0873. The van der Waals surface area contributed by atoms with Crippen LogP contribution in [0.25, 0.3) is 0 Å². The van der Waals surface area contributed by atoms with Crippen LogP contribution in [0.5, 0.6) is 0 Å². The Morgan fingerprint density at radius 3 is 2.38 bits per heavy atom. The van der Waals surface area contributed by atoms with Gasteiger partial charge in [0.15, 0.2) is 15.1 Å². The van der Waals surface area contributed by atoms with Crippen LogP contribution in [-0.2, 0) is 21.1 Å². The second kappa shape index (κ2) is 6.66. The number of carboxylic acids is 1. The van der Waals surface area contributed by atoms with Crippen LogP contribution in [-0.4, -0.2) is 35.4 Å². The molecule has 0 fully saturated rings. The molecule has 1 aromatic rings. The summed E-state index contributed by atoms with van der Waals surface area (Å²) in [4.78, 5) is 21.4. The summed E-state index contributed by atoms with van der Waals surface area (Å²) in [5.74, 6) is -2.40. The van der Waals surface area contributed by atoms with E-state index in [9.17, 15) is 23.3 Å². The molecule has 1 N–H and O–H groups in total. The number of nitro groups is 1. The number of nitro benzene ring substituents is 1. The normalized spacial score (nSPS) is 13.1. The summed E-state index contributed by atoms with van der Waals surface area (Å²) in [7, 11) is -3.88. The maximum absolute atomic E-state index is 12.1. The van der Waals surface area contributed by atoms with Crippen LogP contribution in [0.2, 0.25) is 0 Å². The molecule has 1 atom stereocenters. The number of hydrogen-bond acceptors (Lipinski definition) is 5.